The lowest BCUT2D eigenvalue weighted by Gasteiger charge is -2.28. The van der Waals surface area contributed by atoms with E-state index in [1.165, 1.54) is 17.7 Å². The molecule has 2 atom stereocenters. The van der Waals surface area contributed by atoms with Gasteiger partial charge in [0.25, 0.3) is 0 Å². The Morgan fingerprint density at radius 1 is 1.36 bits per heavy atom. The number of allylic oxidation sites excluding steroid dienone is 1. The molecule has 1 aromatic carbocycles. The van der Waals surface area contributed by atoms with Crippen LogP contribution in [-0.4, -0.2) is 24.0 Å². The number of hydrogen-bond donors (Lipinski definition) is 2. The number of hydrogen-bond acceptors (Lipinski definition) is 4. The summed E-state index contributed by atoms with van der Waals surface area (Å²) in [6.07, 6.45) is 5.60. The molecule has 130 valence electrons. The van der Waals surface area contributed by atoms with Gasteiger partial charge in [0.15, 0.2) is 11.5 Å². The first-order valence-electron chi connectivity index (χ1n) is 8.78. The summed E-state index contributed by atoms with van der Waals surface area (Å²) in [5.41, 5.74) is 1.23. The Bertz CT molecular complexity index is 822. The van der Waals surface area contributed by atoms with Gasteiger partial charge in [0.2, 0.25) is 5.78 Å². The Hall–Kier alpha value is -2.53. The van der Waals surface area contributed by atoms with Gasteiger partial charge in [-0.05, 0) is 37.1 Å². The van der Waals surface area contributed by atoms with Crippen LogP contribution < -0.4 is 9.64 Å². The number of quaternary nitrogens is 1. The molecule has 0 saturated carbocycles. The first-order chi connectivity index (χ1) is 12.1. The minimum Gasteiger partial charge on any atom is -0.507 e. The number of carbonyl (C=O) groups is 1. The summed E-state index contributed by atoms with van der Waals surface area (Å²) in [4.78, 5) is 14.0. The monoisotopic (exact) mass is 340 g/mol. The number of likely N-dealkylation sites (tertiary alicyclic amines) is 1. The van der Waals surface area contributed by atoms with Crippen molar-refractivity contribution in [1.29, 1.82) is 0 Å². The zero-order valence-electron chi connectivity index (χ0n) is 14.2. The molecule has 1 fully saturated rings. The van der Waals surface area contributed by atoms with Crippen LogP contribution in [0.1, 0.15) is 41.4 Å². The van der Waals surface area contributed by atoms with Gasteiger partial charge in [-0.15, -0.1) is 0 Å². The molecule has 2 aliphatic rings. The van der Waals surface area contributed by atoms with Gasteiger partial charge in [-0.2, -0.15) is 0 Å². The first kappa shape index (κ1) is 16.0. The molecule has 25 heavy (non-hydrogen) atoms. The molecule has 4 rings (SSSR count). The fourth-order valence-corrected chi connectivity index (χ4v) is 3.78. The zero-order chi connectivity index (χ0) is 17.4. The van der Waals surface area contributed by atoms with Gasteiger partial charge in [-0.25, -0.2) is 0 Å². The number of benzene rings is 1. The van der Waals surface area contributed by atoms with E-state index in [4.69, 9.17) is 9.15 Å². The minimum atomic E-state index is -0.172. The third-order valence-electron chi connectivity index (χ3n) is 5.02. The number of nitrogens with one attached hydrogen (secondary N) is 1. The van der Waals surface area contributed by atoms with Crippen LogP contribution in [0.25, 0.3) is 6.08 Å². The fourth-order valence-electron chi connectivity index (χ4n) is 3.78. The van der Waals surface area contributed by atoms with Crippen LogP contribution in [0.15, 0.2) is 40.7 Å². The van der Waals surface area contributed by atoms with Crippen molar-refractivity contribution in [3.63, 3.8) is 0 Å². The molecule has 0 aliphatic carbocycles. The highest BCUT2D eigenvalue weighted by atomic mass is 16.5. The summed E-state index contributed by atoms with van der Waals surface area (Å²) < 4.78 is 11.1. The summed E-state index contributed by atoms with van der Waals surface area (Å²) >= 11 is 0. The number of phenols is 1. The largest absolute Gasteiger partial charge is 0.507 e. The quantitative estimate of drug-likeness (QED) is 0.843. The van der Waals surface area contributed by atoms with Gasteiger partial charge in [0.05, 0.1) is 30.5 Å². The molecule has 1 aromatic heterocycles. The van der Waals surface area contributed by atoms with Crippen molar-refractivity contribution in [2.24, 2.45) is 5.92 Å². The van der Waals surface area contributed by atoms with Crippen LogP contribution in [0, 0.1) is 5.92 Å². The van der Waals surface area contributed by atoms with Gasteiger partial charge in [-0.3, -0.25) is 4.79 Å². The predicted molar refractivity (Wildman–Crippen MR) is 92.5 cm³/mol. The summed E-state index contributed by atoms with van der Waals surface area (Å²) in [5, 5.41) is 10.4. The number of fused-ring (bicyclic) bond motifs is 1. The number of Topliss-reactive ketones (excluding diaryl/α,β-unsaturated/α-hetero) is 1. The molecular formula is C20H22NO4+. The number of phenolic OH excluding ortho intramolecular Hbond substituents is 1. The second kappa shape index (κ2) is 6.41. The normalized spacial score (nSPS) is 24.4. The van der Waals surface area contributed by atoms with E-state index in [2.05, 4.69) is 6.92 Å². The number of ketones is 1. The van der Waals surface area contributed by atoms with Crippen LogP contribution in [0.5, 0.6) is 11.5 Å². The van der Waals surface area contributed by atoms with Gasteiger partial charge in [-0.1, -0.05) is 6.92 Å². The Kier molecular flexibility index (Phi) is 4.09. The molecule has 1 unspecified atom stereocenters. The standard InChI is InChI=1S/C20H21NO4/c1-13-4-2-8-21(11-13)12-16-17(22)7-6-15-19(23)18(25-20(15)16)10-14-5-3-9-24-14/h3,5-7,9-10,13,22H,2,4,8,11-12H2,1H3/p+1/b18-10-/t13-/m1/s1. The molecule has 3 heterocycles. The van der Waals surface area contributed by atoms with E-state index in [0.29, 0.717) is 29.5 Å². The van der Waals surface area contributed by atoms with Gasteiger partial charge >= 0.3 is 0 Å². The van der Waals surface area contributed by atoms with Gasteiger partial charge in [0, 0.05) is 12.0 Å². The van der Waals surface area contributed by atoms with Gasteiger partial charge < -0.3 is 19.2 Å². The highest BCUT2D eigenvalue weighted by molar-refractivity contribution is 6.14. The number of furan rings is 1. The van der Waals surface area contributed by atoms with E-state index in [-0.39, 0.29) is 17.3 Å². The summed E-state index contributed by atoms with van der Waals surface area (Å²) in [5.74, 6) is 2.00. The Morgan fingerprint density at radius 2 is 2.24 bits per heavy atom. The zero-order valence-corrected chi connectivity index (χ0v) is 14.2. The van der Waals surface area contributed by atoms with Crippen LogP contribution in [0.2, 0.25) is 0 Å². The van der Waals surface area contributed by atoms with Crippen molar-refractivity contribution in [2.45, 2.75) is 26.3 Å². The summed E-state index contributed by atoms with van der Waals surface area (Å²) in [7, 11) is 0. The van der Waals surface area contributed by atoms with Crippen molar-refractivity contribution in [3.05, 3.63) is 53.2 Å². The molecule has 2 aromatic rings. The number of piperidine rings is 1. The molecule has 2 N–H and O–H groups in total. The van der Waals surface area contributed by atoms with Gasteiger partial charge in [0.1, 0.15) is 18.1 Å². The average molecular weight is 340 g/mol. The number of carbonyl (C=O) groups excluding carboxylic acids is 1. The fraction of sp³-hybridized carbons (Fsp3) is 0.350. The molecular weight excluding hydrogens is 318 g/mol. The maximum atomic E-state index is 12.6. The van der Waals surface area contributed by atoms with E-state index in [1.807, 2.05) is 0 Å². The lowest BCUT2D eigenvalue weighted by atomic mass is 9.99. The van der Waals surface area contributed by atoms with E-state index >= 15 is 0 Å². The second-order valence-electron chi connectivity index (χ2n) is 7.02. The van der Waals surface area contributed by atoms with Crippen molar-refractivity contribution >= 4 is 11.9 Å². The van der Waals surface area contributed by atoms with Crippen LogP contribution >= 0.6 is 0 Å². The third-order valence-corrected chi connectivity index (χ3v) is 5.02. The molecule has 5 nitrogen and oxygen atoms in total. The maximum absolute atomic E-state index is 12.6. The molecule has 0 spiro atoms. The van der Waals surface area contributed by atoms with Crippen LogP contribution in [-0.2, 0) is 6.54 Å². The van der Waals surface area contributed by atoms with Crippen molar-refractivity contribution in [2.75, 3.05) is 13.1 Å². The van der Waals surface area contributed by atoms with E-state index in [9.17, 15) is 9.90 Å². The highest BCUT2D eigenvalue weighted by Crippen LogP contribution is 2.39. The van der Waals surface area contributed by atoms with Crippen LogP contribution in [0.4, 0.5) is 0 Å². The first-order valence-corrected chi connectivity index (χ1v) is 8.78. The second-order valence-corrected chi connectivity index (χ2v) is 7.02. The predicted octanol–water partition coefficient (Wildman–Crippen LogP) is 2.42. The lowest BCUT2D eigenvalue weighted by molar-refractivity contribution is -0.922. The Balaban J connectivity index is 1.64. The molecule has 0 amide bonds. The molecule has 1 saturated heterocycles. The number of aromatic hydroxyl groups is 1. The molecule has 0 bridgehead atoms. The average Bonchev–Trinajstić information content (AvgIpc) is 3.20. The summed E-state index contributed by atoms with van der Waals surface area (Å²) in [6, 6.07) is 6.76. The van der Waals surface area contributed by atoms with Crippen molar-refractivity contribution < 1.29 is 24.0 Å². The Morgan fingerprint density at radius 3 is 3.00 bits per heavy atom. The number of rotatable bonds is 3. The highest BCUT2D eigenvalue weighted by Gasteiger charge is 2.33. The van der Waals surface area contributed by atoms with Crippen molar-refractivity contribution in [3.8, 4) is 11.5 Å². The van der Waals surface area contributed by atoms with E-state index in [1.54, 1.807) is 36.6 Å². The topological polar surface area (TPSA) is 64.1 Å². The minimum absolute atomic E-state index is 0.172. The van der Waals surface area contributed by atoms with E-state index in [0.717, 1.165) is 18.7 Å². The SMILES string of the molecule is C[C@@H]1CCC[NH+](Cc2c(O)ccc3c2O/C(=C\c2ccco2)C3=O)C1. The van der Waals surface area contributed by atoms with E-state index < -0.39 is 0 Å². The number of ether oxygens (including phenoxy) is 1. The third kappa shape index (κ3) is 3.07. The smallest absolute Gasteiger partial charge is 0.232 e. The summed E-state index contributed by atoms with van der Waals surface area (Å²) in [6.45, 7) is 5.09. The maximum Gasteiger partial charge on any atom is 0.232 e. The molecule has 5 heteroatoms. The Labute approximate surface area is 146 Å². The van der Waals surface area contributed by atoms with Crippen molar-refractivity contribution in [1.82, 2.24) is 0 Å². The van der Waals surface area contributed by atoms with Crippen LogP contribution in [0.3, 0.4) is 0 Å². The lowest BCUT2D eigenvalue weighted by Crippen LogP contribution is -3.12. The molecule has 0 radical (unpaired) electrons. The molecule has 2 aliphatic heterocycles.